The summed E-state index contributed by atoms with van der Waals surface area (Å²) in [6.07, 6.45) is 0.854. The molecule has 1 aromatic carbocycles. The van der Waals surface area contributed by atoms with Crippen molar-refractivity contribution in [1.82, 2.24) is 29.4 Å². The molecule has 6 rings (SSSR count). The SMILES string of the molecule is COc1cc(N2CCC(N3CCN(C)CC3)CC2)ccc1Nc1ncc2ccc(-c3ccc(Cl)nc3)n2n1.O=C(O)C(F)(F)F. The van der Waals surface area contributed by atoms with Gasteiger partial charge in [0.25, 0.3) is 0 Å². The van der Waals surface area contributed by atoms with Crippen LogP contribution >= 0.6 is 11.6 Å². The van der Waals surface area contributed by atoms with Crippen molar-refractivity contribution in [2.75, 3.05) is 63.6 Å². The number of halogens is 4. The van der Waals surface area contributed by atoms with E-state index >= 15 is 0 Å². The van der Waals surface area contributed by atoms with E-state index in [0.29, 0.717) is 17.1 Å². The van der Waals surface area contributed by atoms with Crippen LogP contribution in [0.3, 0.4) is 0 Å². The minimum Gasteiger partial charge on any atom is -0.494 e. The van der Waals surface area contributed by atoms with Crippen molar-refractivity contribution in [3.63, 3.8) is 0 Å². The number of rotatable bonds is 6. The van der Waals surface area contributed by atoms with Gasteiger partial charge in [-0.2, -0.15) is 13.2 Å². The molecule has 5 heterocycles. The molecule has 2 saturated heterocycles. The monoisotopic (exact) mass is 646 g/mol. The third-order valence-corrected chi connectivity index (χ3v) is 8.20. The lowest BCUT2D eigenvalue weighted by atomic mass is 10.0. The quantitative estimate of drug-likeness (QED) is 0.276. The van der Waals surface area contributed by atoms with Gasteiger partial charge in [0.2, 0.25) is 5.95 Å². The van der Waals surface area contributed by atoms with Gasteiger partial charge in [0.05, 0.1) is 30.2 Å². The van der Waals surface area contributed by atoms with Gasteiger partial charge in [-0.3, -0.25) is 4.90 Å². The van der Waals surface area contributed by atoms with Gasteiger partial charge in [-0.15, -0.1) is 5.10 Å². The molecular weight excluding hydrogens is 613 g/mol. The van der Waals surface area contributed by atoms with Crippen LogP contribution in [0.4, 0.5) is 30.5 Å². The highest BCUT2D eigenvalue weighted by molar-refractivity contribution is 6.29. The molecule has 45 heavy (non-hydrogen) atoms. The van der Waals surface area contributed by atoms with E-state index in [0.717, 1.165) is 41.3 Å². The molecule has 0 atom stereocenters. The Bertz CT molecular complexity index is 1600. The third-order valence-electron chi connectivity index (χ3n) is 7.98. The highest BCUT2D eigenvalue weighted by Gasteiger charge is 2.38. The molecule has 240 valence electrons. The van der Waals surface area contributed by atoms with E-state index in [2.05, 4.69) is 49.2 Å². The minimum absolute atomic E-state index is 0.460. The summed E-state index contributed by atoms with van der Waals surface area (Å²) in [6.45, 7) is 6.83. The summed E-state index contributed by atoms with van der Waals surface area (Å²) >= 11 is 5.97. The number of pyridine rings is 1. The van der Waals surface area contributed by atoms with Crippen molar-refractivity contribution >= 4 is 40.4 Å². The number of methoxy groups -OCH3 is 1. The van der Waals surface area contributed by atoms with Crippen LogP contribution in [0.2, 0.25) is 5.15 Å². The van der Waals surface area contributed by atoms with Crippen molar-refractivity contribution in [3.8, 4) is 17.0 Å². The highest BCUT2D eigenvalue weighted by Crippen LogP contribution is 2.33. The second-order valence-electron chi connectivity index (χ2n) is 10.9. The lowest BCUT2D eigenvalue weighted by molar-refractivity contribution is -0.192. The Labute approximate surface area is 263 Å². The maximum atomic E-state index is 10.6. The molecule has 0 saturated carbocycles. The molecule has 15 heteroatoms. The Kier molecular flexibility index (Phi) is 9.95. The van der Waals surface area contributed by atoms with Crippen LogP contribution < -0.4 is 15.0 Å². The topological polar surface area (TPSA) is 111 Å². The number of anilines is 3. The molecule has 2 aliphatic rings. The van der Waals surface area contributed by atoms with E-state index in [-0.39, 0.29) is 0 Å². The minimum atomic E-state index is -5.08. The number of hydrogen-bond donors (Lipinski definition) is 2. The predicted octanol–water partition coefficient (Wildman–Crippen LogP) is 5.05. The Hall–Kier alpha value is -4.14. The fourth-order valence-corrected chi connectivity index (χ4v) is 5.59. The number of nitrogens with one attached hydrogen (secondary N) is 1. The van der Waals surface area contributed by atoms with Crippen LogP contribution in [-0.2, 0) is 4.79 Å². The molecular formula is C30H34ClF3N8O3. The largest absolute Gasteiger partial charge is 0.494 e. The third kappa shape index (κ3) is 7.93. The van der Waals surface area contributed by atoms with Gasteiger partial charge < -0.3 is 25.0 Å². The number of benzene rings is 1. The number of piperazine rings is 1. The number of likely N-dealkylation sites (N-methyl/N-ethyl adjacent to an activating group) is 1. The zero-order chi connectivity index (χ0) is 32.1. The van der Waals surface area contributed by atoms with Gasteiger partial charge in [-0.25, -0.2) is 19.3 Å². The summed E-state index contributed by atoms with van der Waals surface area (Å²) in [4.78, 5) is 25.2. The van der Waals surface area contributed by atoms with E-state index in [4.69, 9.17) is 31.3 Å². The number of hydrogen-bond acceptors (Lipinski definition) is 9. The highest BCUT2D eigenvalue weighted by atomic mass is 35.5. The normalized spacial score (nSPS) is 16.7. The lowest BCUT2D eigenvalue weighted by Crippen LogP contribution is -2.52. The molecule has 0 amide bonds. The van der Waals surface area contributed by atoms with Crippen molar-refractivity contribution < 1.29 is 27.8 Å². The molecule has 0 spiro atoms. The summed E-state index contributed by atoms with van der Waals surface area (Å²) in [5.74, 6) is -1.51. The number of piperidine rings is 1. The fourth-order valence-electron chi connectivity index (χ4n) is 5.48. The number of carboxylic acid groups (broad SMARTS) is 1. The van der Waals surface area contributed by atoms with Gasteiger partial charge >= 0.3 is 12.1 Å². The van der Waals surface area contributed by atoms with E-state index in [1.807, 2.05) is 28.8 Å². The number of aliphatic carboxylic acids is 1. The summed E-state index contributed by atoms with van der Waals surface area (Å²) in [5.41, 5.74) is 4.74. The summed E-state index contributed by atoms with van der Waals surface area (Å²) in [7, 11) is 3.92. The molecule has 11 nitrogen and oxygen atoms in total. The molecule has 0 bridgehead atoms. The van der Waals surface area contributed by atoms with Crippen molar-refractivity contribution in [1.29, 1.82) is 0 Å². The molecule has 0 aliphatic carbocycles. The standard InChI is InChI=1S/C28H33ClN8O.C2HF3O2/c1-34-13-15-36(16-14-34)21-9-11-35(12-10-21)22-4-6-24(26(17-22)38-2)32-28-31-19-23-5-7-25(37(23)33-28)20-3-8-27(29)30-18-20;3-2(4,5)1(6)7/h3-8,17-19,21H,9-16H2,1-2H3,(H,32,33);(H,6,7). The molecule has 4 aromatic rings. The van der Waals surface area contributed by atoms with Crippen molar-refractivity contribution in [2.45, 2.75) is 25.1 Å². The van der Waals surface area contributed by atoms with Crippen molar-refractivity contribution in [3.05, 3.63) is 60.0 Å². The van der Waals surface area contributed by atoms with Crippen LogP contribution in [0.5, 0.6) is 5.75 Å². The number of ether oxygens (including phenoxy) is 1. The molecule has 2 N–H and O–H groups in total. The van der Waals surface area contributed by atoms with Gasteiger partial charge in [0.15, 0.2) is 0 Å². The van der Waals surface area contributed by atoms with Gasteiger partial charge in [0, 0.05) is 68.8 Å². The van der Waals surface area contributed by atoms with Crippen LogP contribution in [0.15, 0.2) is 54.9 Å². The van der Waals surface area contributed by atoms with E-state index in [1.54, 1.807) is 25.6 Å². The molecule has 0 radical (unpaired) electrons. The summed E-state index contributed by atoms with van der Waals surface area (Å²) in [5, 5.41) is 15.7. The van der Waals surface area contributed by atoms with E-state index in [1.165, 1.54) is 44.7 Å². The number of aromatic nitrogens is 4. The van der Waals surface area contributed by atoms with Crippen molar-refractivity contribution in [2.24, 2.45) is 0 Å². The first-order valence-corrected chi connectivity index (χ1v) is 14.8. The number of carboxylic acids is 1. The zero-order valence-electron chi connectivity index (χ0n) is 24.8. The van der Waals surface area contributed by atoms with Gasteiger partial charge in [-0.1, -0.05) is 11.6 Å². The van der Waals surface area contributed by atoms with Crippen LogP contribution in [0, 0.1) is 0 Å². The van der Waals surface area contributed by atoms with Crippen LogP contribution in [0.1, 0.15) is 12.8 Å². The Morgan fingerprint density at radius 1 is 1.00 bits per heavy atom. The molecule has 3 aromatic heterocycles. The number of carbonyl (C=O) groups is 1. The molecule has 2 fully saturated rings. The fraction of sp³-hybridized carbons (Fsp3) is 0.400. The molecule has 0 unspecified atom stereocenters. The van der Waals surface area contributed by atoms with Crippen LogP contribution in [-0.4, -0.2) is 106 Å². The summed E-state index contributed by atoms with van der Waals surface area (Å²) in [6, 6.07) is 14.7. The summed E-state index contributed by atoms with van der Waals surface area (Å²) < 4.78 is 39.4. The van der Waals surface area contributed by atoms with E-state index in [9.17, 15) is 13.2 Å². The average molecular weight is 647 g/mol. The average Bonchev–Trinajstić information content (AvgIpc) is 3.45. The maximum Gasteiger partial charge on any atom is 0.490 e. The Balaban J connectivity index is 0.000000515. The first kappa shape index (κ1) is 32.3. The smallest absolute Gasteiger partial charge is 0.490 e. The van der Waals surface area contributed by atoms with E-state index < -0.39 is 12.1 Å². The second kappa shape index (κ2) is 13.9. The first-order chi connectivity index (χ1) is 21.5. The van der Waals surface area contributed by atoms with Gasteiger partial charge in [-0.05, 0) is 56.3 Å². The second-order valence-corrected chi connectivity index (χ2v) is 11.3. The predicted molar refractivity (Wildman–Crippen MR) is 166 cm³/mol. The van der Waals surface area contributed by atoms with Crippen LogP contribution in [0.25, 0.3) is 16.8 Å². The lowest BCUT2D eigenvalue weighted by Gasteiger charge is -2.42. The Morgan fingerprint density at radius 3 is 2.33 bits per heavy atom. The van der Waals surface area contributed by atoms with Gasteiger partial charge in [0.1, 0.15) is 10.9 Å². The maximum absolute atomic E-state index is 10.6. The number of alkyl halides is 3. The first-order valence-electron chi connectivity index (χ1n) is 14.4. The number of nitrogens with zero attached hydrogens (tertiary/aromatic N) is 7. The zero-order valence-corrected chi connectivity index (χ0v) is 25.6. The Morgan fingerprint density at radius 2 is 1.71 bits per heavy atom. The molecule has 2 aliphatic heterocycles. The number of fused-ring (bicyclic) bond motifs is 1.